The van der Waals surface area contributed by atoms with Crippen LogP contribution in [0.4, 0.5) is 0 Å². The van der Waals surface area contributed by atoms with Gasteiger partial charge in [0.05, 0.1) is 17.1 Å². The molecule has 0 saturated carbocycles. The van der Waals surface area contributed by atoms with Gasteiger partial charge in [0.1, 0.15) is 4.88 Å². The molecular weight excluding hydrogens is 228 g/mol. The zero-order valence-corrected chi connectivity index (χ0v) is 10.0. The first-order valence-electron chi connectivity index (χ1n) is 5.00. The summed E-state index contributed by atoms with van der Waals surface area (Å²) < 4.78 is 0. The van der Waals surface area contributed by atoms with E-state index in [0.717, 1.165) is 11.4 Å². The van der Waals surface area contributed by atoms with Gasteiger partial charge in [0, 0.05) is 6.54 Å². The SMILES string of the molecule is CCc1ncc(C(=O)NCC(C)C(=O)O)s1. The lowest BCUT2D eigenvalue weighted by Crippen LogP contribution is -2.30. The van der Waals surface area contributed by atoms with Crippen molar-refractivity contribution in [1.29, 1.82) is 0 Å². The Labute approximate surface area is 97.5 Å². The first-order chi connectivity index (χ1) is 7.54. The Morgan fingerprint density at radius 3 is 2.81 bits per heavy atom. The van der Waals surface area contributed by atoms with Crippen molar-refractivity contribution in [2.75, 3.05) is 6.54 Å². The quantitative estimate of drug-likeness (QED) is 0.812. The highest BCUT2D eigenvalue weighted by molar-refractivity contribution is 7.13. The number of hydrogen-bond acceptors (Lipinski definition) is 4. The Morgan fingerprint density at radius 2 is 2.31 bits per heavy atom. The number of hydrogen-bond donors (Lipinski definition) is 2. The van der Waals surface area contributed by atoms with Gasteiger partial charge in [-0.25, -0.2) is 4.98 Å². The van der Waals surface area contributed by atoms with Gasteiger partial charge in [-0.05, 0) is 6.42 Å². The highest BCUT2D eigenvalue weighted by Gasteiger charge is 2.14. The van der Waals surface area contributed by atoms with E-state index in [-0.39, 0.29) is 12.5 Å². The number of aryl methyl sites for hydroxylation is 1. The molecule has 0 aliphatic carbocycles. The minimum atomic E-state index is -0.918. The van der Waals surface area contributed by atoms with Crippen LogP contribution in [0.1, 0.15) is 28.5 Å². The number of amides is 1. The Bertz CT molecular complexity index is 389. The zero-order valence-electron chi connectivity index (χ0n) is 9.19. The molecular formula is C10H14N2O3S. The third-order valence-electron chi connectivity index (χ3n) is 2.07. The summed E-state index contributed by atoms with van der Waals surface area (Å²) in [5.74, 6) is -1.76. The highest BCUT2D eigenvalue weighted by Crippen LogP contribution is 2.12. The highest BCUT2D eigenvalue weighted by atomic mass is 32.1. The standard InChI is InChI=1S/C10H14N2O3S/c1-3-8-11-5-7(16-8)9(13)12-4-6(2)10(14)15/h5-6H,3-4H2,1-2H3,(H,12,13)(H,14,15). The van der Waals surface area contributed by atoms with Gasteiger partial charge in [-0.1, -0.05) is 13.8 Å². The van der Waals surface area contributed by atoms with E-state index in [9.17, 15) is 9.59 Å². The topological polar surface area (TPSA) is 79.3 Å². The fourth-order valence-corrected chi connectivity index (χ4v) is 1.77. The number of nitrogens with zero attached hydrogens (tertiary/aromatic N) is 1. The second-order valence-electron chi connectivity index (χ2n) is 3.42. The van der Waals surface area contributed by atoms with Gasteiger partial charge in [0.2, 0.25) is 0 Å². The average Bonchev–Trinajstić information content (AvgIpc) is 2.73. The first-order valence-corrected chi connectivity index (χ1v) is 5.82. The number of thiazole rings is 1. The molecule has 6 heteroatoms. The van der Waals surface area contributed by atoms with Crippen LogP contribution in [0, 0.1) is 5.92 Å². The second-order valence-corrected chi connectivity index (χ2v) is 4.54. The van der Waals surface area contributed by atoms with Crippen molar-refractivity contribution in [3.8, 4) is 0 Å². The Hall–Kier alpha value is -1.43. The van der Waals surface area contributed by atoms with E-state index in [0.29, 0.717) is 4.88 Å². The van der Waals surface area contributed by atoms with E-state index in [1.54, 1.807) is 6.92 Å². The van der Waals surface area contributed by atoms with Crippen molar-refractivity contribution in [2.45, 2.75) is 20.3 Å². The molecule has 1 aromatic rings. The van der Waals surface area contributed by atoms with Gasteiger partial charge in [-0.15, -0.1) is 11.3 Å². The molecule has 0 aliphatic rings. The molecule has 0 saturated heterocycles. The van der Waals surface area contributed by atoms with E-state index in [1.807, 2.05) is 6.92 Å². The summed E-state index contributed by atoms with van der Waals surface area (Å²) in [5.41, 5.74) is 0. The van der Waals surface area contributed by atoms with Crippen LogP contribution in [-0.2, 0) is 11.2 Å². The van der Waals surface area contributed by atoms with Gasteiger partial charge in [0.25, 0.3) is 5.91 Å². The Balaban J connectivity index is 2.49. The van der Waals surface area contributed by atoms with Gasteiger partial charge in [0.15, 0.2) is 0 Å². The van der Waals surface area contributed by atoms with E-state index >= 15 is 0 Å². The van der Waals surface area contributed by atoms with E-state index in [2.05, 4.69) is 10.3 Å². The molecule has 2 N–H and O–H groups in total. The van der Waals surface area contributed by atoms with Crippen molar-refractivity contribution in [1.82, 2.24) is 10.3 Å². The maximum absolute atomic E-state index is 11.6. The van der Waals surface area contributed by atoms with Crippen LogP contribution in [0.5, 0.6) is 0 Å². The van der Waals surface area contributed by atoms with Crippen LogP contribution in [0.2, 0.25) is 0 Å². The monoisotopic (exact) mass is 242 g/mol. The summed E-state index contributed by atoms with van der Waals surface area (Å²) in [6.45, 7) is 3.65. The summed E-state index contributed by atoms with van der Waals surface area (Å²) in [6, 6.07) is 0. The van der Waals surface area contributed by atoms with Gasteiger partial charge in [-0.3, -0.25) is 9.59 Å². The number of aliphatic carboxylic acids is 1. The fraction of sp³-hybridized carbons (Fsp3) is 0.500. The maximum atomic E-state index is 11.6. The molecule has 5 nitrogen and oxygen atoms in total. The molecule has 1 amide bonds. The van der Waals surface area contributed by atoms with Crippen molar-refractivity contribution in [2.24, 2.45) is 5.92 Å². The molecule has 0 bridgehead atoms. The summed E-state index contributed by atoms with van der Waals surface area (Å²) in [6.07, 6.45) is 2.31. The summed E-state index contributed by atoms with van der Waals surface area (Å²) in [5, 5.41) is 12.1. The van der Waals surface area contributed by atoms with Crippen LogP contribution in [0.25, 0.3) is 0 Å². The molecule has 0 spiro atoms. The molecule has 0 aliphatic heterocycles. The van der Waals surface area contributed by atoms with Gasteiger partial charge in [-0.2, -0.15) is 0 Å². The Morgan fingerprint density at radius 1 is 1.62 bits per heavy atom. The van der Waals surface area contributed by atoms with Crippen molar-refractivity contribution in [3.05, 3.63) is 16.1 Å². The van der Waals surface area contributed by atoms with E-state index < -0.39 is 11.9 Å². The lowest BCUT2D eigenvalue weighted by Gasteiger charge is -2.06. The van der Waals surface area contributed by atoms with E-state index in [1.165, 1.54) is 17.5 Å². The van der Waals surface area contributed by atoms with Crippen LogP contribution >= 0.6 is 11.3 Å². The van der Waals surface area contributed by atoms with Crippen molar-refractivity contribution < 1.29 is 14.7 Å². The number of carboxylic acids is 1. The number of aromatic nitrogens is 1. The molecule has 1 aromatic heterocycles. The lowest BCUT2D eigenvalue weighted by molar-refractivity contribution is -0.140. The summed E-state index contributed by atoms with van der Waals surface area (Å²) in [7, 11) is 0. The molecule has 1 unspecified atom stereocenters. The summed E-state index contributed by atoms with van der Waals surface area (Å²) in [4.78, 5) is 26.7. The molecule has 88 valence electrons. The fourth-order valence-electron chi connectivity index (χ4n) is 0.999. The van der Waals surface area contributed by atoms with E-state index in [4.69, 9.17) is 5.11 Å². The minimum absolute atomic E-state index is 0.132. The molecule has 1 rings (SSSR count). The second kappa shape index (κ2) is 5.60. The normalized spacial score (nSPS) is 12.1. The predicted molar refractivity (Wildman–Crippen MR) is 60.6 cm³/mol. The van der Waals surface area contributed by atoms with Gasteiger partial charge >= 0.3 is 5.97 Å². The zero-order chi connectivity index (χ0) is 12.1. The van der Waals surface area contributed by atoms with Crippen LogP contribution in [0.3, 0.4) is 0 Å². The molecule has 1 heterocycles. The number of carboxylic acid groups (broad SMARTS) is 1. The number of carbonyl (C=O) groups excluding carboxylic acids is 1. The minimum Gasteiger partial charge on any atom is -0.481 e. The smallest absolute Gasteiger partial charge is 0.308 e. The number of nitrogens with one attached hydrogen (secondary N) is 1. The average molecular weight is 242 g/mol. The number of carbonyl (C=O) groups is 2. The first kappa shape index (κ1) is 12.6. The molecule has 0 radical (unpaired) electrons. The predicted octanol–water partition coefficient (Wildman–Crippen LogP) is 1.16. The number of rotatable bonds is 5. The Kier molecular flexibility index (Phi) is 4.42. The largest absolute Gasteiger partial charge is 0.481 e. The molecule has 0 fully saturated rings. The molecule has 0 aromatic carbocycles. The van der Waals surface area contributed by atoms with Crippen molar-refractivity contribution in [3.63, 3.8) is 0 Å². The van der Waals surface area contributed by atoms with Crippen molar-refractivity contribution >= 4 is 23.2 Å². The van der Waals surface area contributed by atoms with Crippen LogP contribution in [-0.4, -0.2) is 28.5 Å². The van der Waals surface area contributed by atoms with Gasteiger partial charge < -0.3 is 10.4 Å². The third-order valence-corrected chi connectivity index (χ3v) is 3.21. The third kappa shape index (κ3) is 3.30. The molecule has 1 atom stereocenters. The maximum Gasteiger partial charge on any atom is 0.308 e. The summed E-state index contributed by atoms with van der Waals surface area (Å²) >= 11 is 1.33. The lowest BCUT2D eigenvalue weighted by atomic mass is 10.2. The van der Waals surface area contributed by atoms with Crippen LogP contribution < -0.4 is 5.32 Å². The molecule has 16 heavy (non-hydrogen) atoms. The van der Waals surface area contributed by atoms with Crippen LogP contribution in [0.15, 0.2) is 6.20 Å².